The third-order valence-corrected chi connectivity index (χ3v) is 3.30. The highest BCUT2D eigenvalue weighted by molar-refractivity contribution is 5.66. The molecule has 0 spiro atoms. The van der Waals surface area contributed by atoms with Gasteiger partial charge in [0.1, 0.15) is 0 Å². The number of carbonyl (C=O) groups is 1. The number of hydrogen-bond acceptors (Lipinski definition) is 2. The van der Waals surface area contributed by atoms with Crippen LogP contribution in [0.15, 0.2) is 48.6 Å². The molecule has 0 heterocycles. The molecule has 0 saturated carbocycles. The summed E-state index contributed by atoms with van der Waals surface area (Å²) in [5.74, 6) is -0.760. The second kappa shape index (κ2) is 16.8. The largest absolute Gasteiger partial charge is 0.481 e. The van der Waals surface area contributed by atoms with Crippen LogP contribution in [0.2, 0.25) is 0 Å². The Balaban J connectivity index is 3.63. The van der Waals surface area contributed by atoms with Crippen molar-refractivity contribution in [2.75, 3.05) is 0 Å². The van der Waals surface area contributed by atoms with E-state index in [-0.39, 0.29) is 6.42 Å². The van der Waals surface area contributed by atoms with Crippen molar-refractivity contribution in [3.63, 3.8) is 0 Å². The van der Waals surface area contributed by atoms with Gasteiger partial charge < -0.3 is 10.2 Å². The van der Waals surface area contributed by atoms with Crippen LogP contribution in [0.5, 0.6) is 0 Å². The van der Waals surface area contributed by atoms with Gasteiger partial charge in [-0.2, -0.15) is 0 Å². The molecule has 0 aromatic rings. The lowest BCUT2D eigenvalue weighted by Crippen LogP contribution is -1.98. The van der Waals surface area contributed by atoms with E-state index >= 15 is 0 Å². The van der Waals surface area contributed by atoms with E-state index in [2.05, 4.69) is 25.2 Å². The third-order valence-electron chi connectivity index (χ3n) is 3.30. The first kappa shape index (κ1) is 21.4. The van der Waals surface area contributed by atoms with E-state index in [0.29, 0.717) is 12.8 Å². The second-order valence-corrected chi connectivity index (χ2v) is 5.58. The van der Waals surface area contributed by atoms with Crippen molar-refractivity contribution >= 4 is 5.97 Å². The molecule has 0 saturated heterocycles. The van der Waals surface area contributed by atoms with Crippen LogP contribution in [0, 0.1) is 0 Å². The maximum atomic E-state index is 10.3. The van der Waals surface area contributed by atoms with Crippen molar-refractivity contribution < 1.29 is 15.0 Å². The van der Waals surface area contributed by atoms with Crippen molar-refractivity contribution in [1.82, 2.24) is 0 Å². The van der Waals surface area contributed by atoms with Gasteiger partial charge >= 0.3 is 5.97 Å². The van der Waals surface area contributed by atoms with E-state index in [0.717, 1.165) is 19.3 Å². The summed E-state index contributed by atoms with van der Waals surface area (Å²) >= 11 is 0. The molecular weight excluding hydrogens is 288 g/mol. The van der Waals surface area contributed by atoms with Crippen LogP contribution in [-0.4, -0.2) is 22.3 Å². The predicted molar refractivity (Wildman–Crippen MR) is 97.4 cm³/mol. The van der Waals surface area contributed by atoms with E-state index in [1.165, 1.54) is 19.3 Å². The quantitative estimate of drug-likeness (QED) is 0.263. The number of aliphatic carboxylic acids is 1. The molecule has 0 aliphatic carbocycles. The first-order chi connectivity index (χ1) is 11.2. The number of aliphatic hydroxyl groups excluding tert-OH is 1. The smallest absolute Gasteiger partial charge is 0.303 e. The molecule has 23 heavy (non-hydrogen) atoms. The Morgan fingerprint density at radius 3 is 2.43 bits per heavy atom. The normalized spacial score (nSPS) is 13.8. The molecule has 1 atom stereocenters. The molecular formula is C20H32O3. The van der Waals surface area contributed by atoms with Gasteiger partial charge in [0.2, 0.25) is 0 Å². The maximum absolute atomic E-state index is 10.3. The lowest BCUT2D eigenvalue weighted by atomic mass is 10.2. The van der Waals surface area contributed by atoms with Gasteiger partial charge in [-0.25, -0.2) is 0 Å². The summed E-state index contributed by atoms with van der Waals surface area (Å²) in [5.41, 5.74) is 0. The SMILES string of the molecule is CCCCC/C=C/C/C=C/C=C\[C@@H](O)C/C=C\CCCC(=O)O. The van der Waals surface area contributed by atoms with E-state index in [1.54, 1.807) is 6.08 Å². The summed E-state index contributed by atoms with van der Waals surface area (Å²) in [7, 11) is 0. The van der Waals surface area contributed by atoms with Crippen LogP contribution in [0.3, 0.4) is 0 Å². The zero-order chi connectivity index (χ0) is 17.2. The first-order valence-corrected chi connectivity index (χ1v) is 8.70. The Bertz CT molecular complexity index is 392. The second-order valence-electron chi connectivity index (χ2n) is 5.58. The van der Waals surface area contributed by atoms with Crippen LogP contribution in [-0.2, 0) is 4.79 Å². The summed E-state index contributed by atoms with van der Waals surface area (Å²) < 4.78 is 0. The van der Waals surface area contributed by atoms with Crippen molar-refractivity contribution in [2.45, 2.75) is 70.8 Å². The summed E-state index contributed by atoms with van der Waals surface area (Å²) in [6, 6.07) is 0. The summed E-state index contributed by atoms with van der Waals surface area (Å²) in [4.78, 5) is 10.3. The minimum absolute atomic E-state index is 0.199. The van der Waals surface area contributed by atoms with Crippen LogP contribution in [0.4, 0.5) is 0 Å². The molecule has 130 valence electrons. The summed E-state index contributed by atoms with van der Waals surface area (Å²) in [6.45, 7) is 2.21. The van der Waals surface area contributed by atoms with Gasteiger partial charge in [0.15, 0.2) is 0 Å². The highest BCUT2D eigenvalue weighted by Gasteiger charge is 1.95. The monoisotopic (exact) mass is 320 g/mol. The van der Waals surface area contributed by atoms with Gasteiger partial charge in [0.05, 0.1) is 6.10 Å². The topological polar surface area (TPSA) is 57.5 Å². The average Bonchev–Trinajstić information content (AvgIpc) is 2.52. The number of carboxylic acids is 1. The standard InChI is InChI=1S/C20H32O3/c1-2-3-4-5-6-7-8-9-10-13-16-19(21)17-14-11-12-15-18-20(22)23/h6-7,9-11,13-14,16,19,21H,2-5,8,12,15,17-18H2,1H3,(H,22,23)/b7-6+,10-9+,14-11-,16-13-/t19-/m1/s1. The van der Waals surface area contributed by atoms with Gasteiger partial charge in [-0.1, -0.05) is 68.4 Å². The molecule has 0 aliphatic rings. The fourth-order valence-corrected chi connectivity index (χ4v) is 1.96. The number of carboxylic acid groups (broad SMARTS) is 1. The van der Waals surface area contributed by atoms with Crippen molar-refractivity contribution in [3.05, 3.63) is 48.6 Å². The van der Waals surface area contributed by atoms with E-state index in [1.807, 2.05) is 24.3 Å². The number of aliphatic hydroxyl groups is 1. The fourth-order valence-electron chi connectivity index (χ4n) is 1.96. The van der Waals surface area contributed by atoms with Gasteiger partial charge in [-0.15, -0.1) is 0 Å². The molecule has 0 amide bonds. The third kappa shape index (κ3) is 18.3. The molecule has 0 aromatic carbocycles. The molecule has 2 N–H and O–H groups in total. The summed E-state index contributed by atoms with van der Waals surface area (Å²) in [6.07, 6.45) is 23.5. The van der Waals surface area contributed by atoms with Crippen LogP contribution in [0.1, 0.15) is 64.7 Å². The van der Waals surface area contributed by atoms with Gasteiger partial charge in [0.25, 0.3) is 0 Å². The minimum Gasteiger partial charge on any atom is -0.481 e. The van der Waals surface area contributed by atoms with Gasteiger partial charge in [-0.3, -0.25) is 4.79 Å². The van der Waals surface area contributed by atoms with Crippen LogP contribution < -0.4 is 0 Å². The number of hydrogen-bond donors (Lipinski definition) is 2. The summed E-state index contributed by atoms with van der Waals surface area (Å²) in [5, 5.41) is 18.2. The van der Waals surface area contributed by atoms with Crippen molar-refractivity contribution in [2.24, 2.45) is 0 Å². The van der Waals surface area contributed by atoms with Crippen LogP contribution in [0.25, 0.3) is 0 Å². The molecule has 0 radical (unpaired) electrons. The van der Waals surface area contributed by atoms with Crippen LogP contribution >= 0.6 is 0 Å². The molecule has 0 bridgehead atoms. The molecule has 0 aromatic heterocycles. The van der Waals surface area contributed by atoms with E-state index < -0.39 is 12.1 Å². The maximum Gasteiger partial charge on any atom is 0.303 e. The highest BCUT2D eigenvalue weighted by Crippen LogP contribution is 2.02. The minimum atomic E-state index is -0.760. The number of unbranched alkanes of at least 4 members (excludes halogenated alkanes) is 4. The van der Waals surface area contributed by atoms with Crippen molar-refractivity contribution in [3.8, 4) is 0 Å². The molecule has 0 fully saturated rings. The zero-order valence-corrected chi connectivity index (χ0v) is 14.4. The average molecular weight is 320 g/mol. The Labute approximate surface area is 141 Å². The van der Waals surface area contributed by atoms with E-state index in [9.17, 15) is 9.90 Å². The molecule has 3 heteroatoms. The Kier molecular flexibility index (Phi) is 15.6. The lowest BCUT2D eigenvalue weighted by molar-refractivity contribution is -0.137. The van der Waals surface area contributed by atoms with E-state index in [4.69, 9.17) is 5.11 Å². The lowest BCUT2D eigenvalue weighted by Gasteiger charge is -1.99. The number of rotatable bonds is 14. The van der Waals surface area contributed by atoms with Gasteiger partial charge in [0, 0.05) is 6.42 Å². The Hall–Kier alpha value is -1.61. The molecule has 0 aliphatic heterocycles. The Morgan fingerprint density at radius 1 is 0.957 bits per heavy atom. The zero-order valence-electron chi connectivity index (χ0n) is 14.4. The highest BCUT2D eigenvalue weighted by atomic mass is 16.4. The molecule has 0 rings (SSSR count). The molecule has 0 unspecified atom stereocenters. The first-order valence-electron chi connectivity index (χ1n) is 8.70. The Morgan fingerprint density at radius 2 is 1.70 bits per heavy atom. The predicted octanol–water partition coefficient (Wildman–Crippen LogP) is 5.19. The molecule has 3 nitrogen and oxygen atoms in total. The van der Waals surface area contributed by atoms with Crippen molar-refractivity contribution in [1.29, 1.82) is 0 Å². The van der Waals surface area contributed by atoms with Gasteiger partial charge in [-0.05, 0) is 38.5 Å². The number of allylic oxidation sites excluding steroid dienone is 6. The fraction of sp³-hybridized carbons (Fsp3) is 0.550.